The van der Waals surface area contributed by atoms with Crippen LogP contribution in [0, 0.1) is 42.4 Å². The minimum Gasteiger partial charge on any atom is -0.0582 e. The highest BCUT2D eigenvalue weighted by molar-refractivity contribution is 5.42. The van der Waals surface area contributed by atoms with Crippen molar-refractivity contribution in [1.29, 1.82) is 0 Å². The van der Waals surface area contributed by atoms with E-state index >= 15 is 0 Å². The summed E-state index contributed by atoms with van der Waals surface area (Å²) in [5.74, 6) is 6.33. The van der Waals surface area contributed by atoms with E-state index in [0.29, 0.717) is 10.8 Å². The lowest BCUT2D eigenvalue weighted by molar-refractivity contribution is -0.00714. The van der Waals surface area contributed by atoms with Crippen LogP contribution in [0.4, 0.5) is 0 Å². The Hall–Kier alpha value is -0.780. The highest BCUT2D eigenvalue weighted by atomic mass is 14.6. The summed E-state index contributed by atoms with van der Waals surface area (Å²) < 4.78 is 0. The summed E-state index contributed by atoms with van der Waals surface area (Å²) in [4.78, 5) is 0. The molecule has 0 N–H and O–H groups in total. The topological polar surface area (TPSA) is 0 Å². The van der Waals surface area contributed by atoms with Crippen LogP contribution >= 0.6 is 0 Å². The fourth-order valence-corrected chi connectivity index (χ4v) is 10.5. The van der Waals surface area contributed by atoms with Gasteiger partial charge in [0.05, 0.1) is 0 Å². The minimum absolute atomic E-state index is 0.568. The molecule has 8 fully saturated rings. The summed E-state index contributed by atoms with van der Waals surface area (Å²) in [7, 11) is 0. The summed E-state index contributed by atoms with van der Waals surface area (Å²) in [6.07, 6.45) is 18.4. The summed E-state index contributed by atoms with van der Waals surface area (Å²) >= 11 is 0. The second-order valence-electron chi connectivity index (χ2n) is 12.4. The molecule has 8 aliphatic rings. The van der Waals surface area contributed by atoms with E-state index in [1.165, 1.54) is 38.5 Å². The fourth-order valence-electron chi connectivity index (χ4n) is 10.5. The van der Waals surface area contributed by atoms with Gasteiger partial charge in [-0.2, -0.15) is 0 Å². The minimum atomic E-state index is 0.568. The maximum absolute atomic E-state index is 2.70. The maximum Gasteiger partial charge on any atom is -0.00364 e. The Morgan fingerprint density at radius 1 is 0.593 bits per heavy atom. The Balaban J connectivity index is 1.26. The lowest BCUT2D eigenvalue weighted by atomic mass is 9.46. The molecule has 0 saturated heterocycles. The summed E-state index contributed by atoms with van der Waals surface area (Å²) in [5.41, 5.74) is 6.31. The summed E-state index contributed by atoms with van der Waals surface area (Å²) in [6.45, 7) is 2.47. The molecule has 0 aliphatic heterocycles. The lowest BCUT2D eigenvalue weighted by Crippen LogP contribution is -2.49. The van der Waals surface area contributed by atoms with E-state index in [9.17, 15) is 0 Å². The Morgan fingerprint density at radius 2 is 1.00 bits per heavy atom. The van der Waals surface area contributed by atoms with Crippen LogP contribution < -0.4 is 0 Å². The number of aryl methyl sites for hydroxylation is 1. The zero-order valence-corrected chi connectivity index (χ0v) is 17.2. The number of rotatable bonds is 2. The van der Waals surface area contributed by atoms with Crippen LogP contribution in [0.5, 0.6) is 0 Å². The predicted molar refractivity (Wildman–Crippen MR) is 111 cm³/mol. The molecule has 1 aromatic carbocycles. The number of hydrogen-bond donors (Lipinski definition) is 0. The van der Waals surface area contributed by atoms with Gasteiger partial charge in [0, 0.05) is 0 Å². The van der Waals surface area contributed by atoms with Gasteiger partial charge in [0.25, 0.3) is 0 Å². The van der Waals surface area contributed by atoms with Gasteiger partial charge in [0.2, 0.25) is 0 Å². The Labute approximate surface area is 165 Å². The maximum atomic E-state index is 2.70. The van der Waals surface area contributed by atoms with Crippen molar-refractivity contribution in [2.24, 2.45) is 35.5 Å². The average molecular weight is 361 g/mol. The summed E-state index contributed by atoms with van der Waals surface area (Å²) in [5, 5.41) is 0. The van der Waals surface area contributed by atoms with Crippen molar-refractivity contribution in [3.63, 3.8) is 0 Å². The Kier molecular flexibility index (Phi) is 3.11. The Morgan fingerprint density at radius 3 is 1.41 bits per heavy atom. The van der Waals surface area contributed by atoms with Crippen LogP contribution in [-0.4, -0.2) is 0 Å². The van der Waals surface area contributed by atoms with Gasteiger partial charge in [-0.25, -0.2) is 0 Å². The number of benzene rings is 1. The Bertz CT molecular complexity index is 713. The van der Waals surface area contributed by atoms with Gasteiger partial charge in [-0.1, -0.05) is 18.2 Å². The molecule has 0 unspecified atom stereocenters. The second kappa shape index (κ2) is 5.22. The van der Waals surface area contributed by atoms with Crippen molar-refractivity contribution in [3.05, 3.63) is 34.9 Å². The molecule has 144 valence electrons. The third-order valence-electron chi connectivity index (χ3n) is 10.5. The molecule has 1 aromatic rings. The highest BCUT2D eigenvalue weighted by Crippen LogP contribution is 2.63. The van der Waals surface area contributed by atoms with Crippen LogP contribution in [0.15, 0.2) is 18.2 Å². The zero-order chi connectivity index (χ0) is 17.8. The number of hydrogen-bond acceptors (Lipinski definition) is 0. The molecular formula is C27H36. The molecule has 0 amide bonds. The van der Waals surface area contributed by atoms with E-state index in [2.05, 4.69) is 25.1 Å². The van der Waals surface area contributed by atoms with E-state index in [1.54, 1.807) is 55.2 Å². The van der Waals surface area contributed by atoms with Crippen LogP contribution in [-0.2, 0) is 10.8 Å². The second-order valence-corrected chi connectivity index (χ2v) is 12.4. The normalized spacial score (nSPS) is 51.9. The SMILES string of the molecule is Cc1cc(C23CC4CC(CC(C4)C2)C3)ccc1C12CC3CC(CC(C3)C1)C2. The molecule has 0 spiro atoms. The van der Waals surface area contributed by atoms with Gasteiger partial charge < -0.3 is 0 Å². The van der Waals surface area contributed by atoms with E-state index < -0.39 is 0 Å². The first-order valence-electron chi connectivity index (χ1n) is 12.2. The van der Waals surface area contributed by atoms with E-state index in [-0.39, 0.29) is 0 Å². The zero-order valence-electron chi connectivity index (χ0n) is 17.2. The van der Waals surface area contributed by atoms with Crippen LogP contribution in [0.2, 0.25) is 0 Å². The quantitative estimate of drug-likeness (QED) is 0.536. The average Bonchev–Trinajstić information content (AvgIpc) is 2.59. The third-order valence-corrected chi connectivity index (χ3v) is 10.5. The van der Waals surface area contributed by atoms with Crippen molar-refractivity contribution < 1.29 is 0 Å². The predicted octanol–water partition coefficient (Wildman–Crippen LogP) is 6.93. The fraction of sp³-hybridized carbons (Fsp3) is 0.778. The molecule has 8 saturated carbocycles. The molecular weight excluding hydrogens is 324 g/mol. The molecule has 8 bridgehead atoms. The first-order chi connectivity index (χ1) is 13.1. The molecule has 0 heterocycles. The first-order valence-corrected chi connectivity index (χ1v) is 12.2. The van der Waals surface area contributed by atoms with Crippen LogP contribution in [0.3, 0.4) is 0 Å². The molecule has 27 heavy (non-hydrogen) atoms. The standard InChI is InChI=1S/C27H36/c1-17-4-24(26-11-18-5-19(12-26)7-20(6-18)13-26)2-3-25(17)27-14-21-8-22(15-27)10-23(9-21)16-27/h2-4,18-23H,5-16H2,1H3. The highest BCUT2D eigenvalue weighted by Gasteiger charge is 2.53. The molecule has 0 nitrogen and oxygen atoms in total. The van der Waals surface area contributed by atoms with Crippen molar-refractivity contribution in [2.75, 3.05) is 0 Å². The van der Waals surface area contributed by atoms with E-state index in [4.69, 9.17) is 0 Å². The monoisotopic (exact) mass is 360 g/mol. The largest absolute Gasteiger partial charge is 0.0582 e. The summed E-state index contributed by atoms with van der Waals surface area (Å²) in [6, 6.07) is 7.98. The lowest BCUT2D eigenvalue weighted by Gasteiger charge is -2.58. The van der Waals surface area contributed by atoms with Crippen molar-refractivity contribution in [1.82, 2.24) is 0 Å². The molecule has 8 aliphatic carbocycles. The molecule has 0 radical (unpaired) electrons. The molecule has 9 rings (SSSR count). The van der Waals surface area contributed by atoms with E-state index in [0.717, 1.165) is 35.5 Å². The first kappa shape index (κ1) is 16.1. The van der Waals surface area contributed by atoms with Gasteiger partial charge in [-0.05, 0) is 147 Å². The molecule has 0 atom stereocenters. The van der Waals surface area contributed by atoms with Gasteiger partial charge >= 0.3 is 0 Å². The van der Waals surface area contributed by atoms with Gasteiger partial charge in [0.1, 0.15) is 0 Å². The van der Waals surface area contributed by atoms with Gasteiger partial charge in [-0.15, -0.1) is 0 Å². The van der Waals surface area contributed by atoms with Crippen LogP contribution in [0.25, 0.3) is 0 Å². The smallest absolute Gasteiger partial charge is 0.00364 e. The molecule has 0 aromatic heterocycles. The van der Waals surface area contributed by atoms with E-state index in [1.807, 2.05) is 0 Å². The van der Waals surface area contributed by atoms with Crippen molar-refractivity contribution >= 4 is 0 Å². The van der Waals surface area contributed by atoms with Crippen LogP contribution in [0.1, 0.15) is 93.7 Å². The molecule has 0 heteroatoms. The van der Waals surface area contributed by atoms with Gasteiger partial charge in [0.15, 0.2) is 0 Å². The third kappa shape index (κ3) is 2.22. The van der Waals surface area contributed by atoms with Crippen molar-refractivity contribution in [2.45, 2.75) is 94.8 Å². The van der Waals surface area contributed by atoms with Gasteiger partial charge in [-0.3, -0.25) is 0 Å². The van der Waals surface area contributed by atoms with Crippen molar-refractivity contribution in [3.8, 4) is 0 Å².